The topological polar surface area (TPSA) is 114 Å². The van der Waals surface area contributed by atoms with E-state index in [2.05, 4.69) is 10.9 Å². The number of nitrogens with zero attached hydrogens (tertiary/aromatic N) is 2. The Kier molecular flexibility index (Phi) is 6.45. The summed E-state index contributed by atoms with van der Waals surface area (Å²) >= 11 is 1.37. The molecule has 0 aliphatic carbocycles. The van der Waals surface area contributed by atoms with Gasteiger partial charge in [-0.25, -0.2) is 0 Å². The number of carbonyl (C=O) groups excluding carboxylic acids is 2. The molecule has 1 aliphatic heterocycles. The molecule has 0 bridgehead atoms. The number of thiophene rings is 1. The number of anilines is 1. The van der Waals surface area contributed by atoms with Crippen LogP contribution >= 0.6 is 11.3 Å². The number of nitrogens with one attached hydrogen (secondary N) is 2. The molecule has 2 N–H and O–H groups in total. The Bertz CT molecular complexity index is 937. The first-order valence-electron chi connectivity index (χ1n) is 9.21. The fraction of sp³-hybridized carbons (Fsp3) is 0.368. The van der Waals surface area contributed by atoms with Gasteiger partial charge in [-0.05, 0) is 37.1 Å². The average Bonchev–Trinajstić information content (AvgIpc) is 3.12. The summed E-state index contributed by atoms with van der Waals surface area (Å²) in [6.45, 7) is 6.02. The van der Waals surface area contributed by atoms with Crippen molar-refractivity contribution in [1.29, 1.82) is 0 Å². The number of nitro benzene ring substituents is 1. The van der Waals surface area contributed by atoms with E-state index in [1.54, 1.807) is 12.1 Å². The molecule has 2 amide bonds. The second-order valence-corrected chi connectivity index (χ2v) is 7.68. The van der Waals surface area contributed by atoms with Crippen LogP contribution in [0.25, 0.3) is 0 Å². The quantitative estimate of drug-likeness (QED) is 0.569. The number of morpholine rings is 1. The minimum absolute atomic E-state index is 0.0885. The SMILES string of the molecule is CCc1sc(C(=O)NNC(=O)c2ccc(N3CCOCC3)c([N+](=O)[O-])c2)cc1C. The van der Waals surface area contributed by atoms with Gasteiger partial charge in [0, 0.05) is 29.6 Å². The second kappa shape index (κ2) is 9.01. The van der Waals surface area contributed by atoms with E-state index in [0.717, 1.165) is 16.9 Å². The third-order valence-electron chi connectivity index (χ3n) is 4.64. The highest BCUT2D eigenvalue weighted by molar-refractivity contribution is 7.14. The van der Waals surface area contributed by atoms with E-state index in [4.69, 9.17) is 4.74 Å². The van der Waals surface area contributed by atoms with Gasteiger partial charge in [-0.2, -0.15) is 0 Å². The summed E-state index contributed by atoms with van der Waals surface area (Å²) in [6.07, 6.45) is 0.829. The van der Waals surface area contributed by atoms with Crippen LogP contribution in [0.15, 0.2) is 24.3 Å². The first-order chi connectivity index (χ1) is 13.9. The van der Waals surface area contributed by atoms with E-state index in [-0.39, 0.29) is 11.3 Å². The normalized spacial score (nSPS) is 13.8. The van der Waals surface area contributed by atoms with Crippen LogP contribution in [0.4, 0.5) is 11.4 Å². The van der Waals surface area contributed by atoms with Crippen LogP contribution in [-0.2, 0) is 11.2 Å². The van der Waals surface area contributed by atoms with Crippen molar-refractivity contribution in [2.24, 2.45) is 0 Å². The zero-order chi connectivity index (χ0) is 21.0. The molecule has 1 aromatic carbocycles. The zero-order valence-electron chi connectivity index (χ0n) is 16.2. The summed E-state index contributed by atoms with van der Waals surface area (Å²) in [7, 11) is 0. The van der Waals surface area contributed by atoms with Crippen molar-refractivity contribution in [2.45, 2.75) is 20.3 Å². The molecule has 0 saturated carbocycles. The van der Waals surface area contributed by atoms with Crippen molar-refractivity contribution in [2.75, 3.05) is 31.2 Å². The van der Waals surface area contributed by atoms with Gasteiger partial charge in [-0.1, -0.05) is 6.92 Å². The van der Waals surface area contributed by atoms with Crippen molar-refractivity contribution in [3.63, 3.8) is 0 Å². The number of carbonyl (C=O) groups is 2. The van der Waals surface area contributed by atoms with Crippen LogP contribution in [0, 0.1) is 17.0 Å². The molecule has 0 spiro atoms. The van der Waals surface area contributed by atoms with Crippen LogP contribution in [-0.4, -0.2) is 43.0 Å². The minimum Gasteiger partial charge on any atom is -0.378 e. The fourth-order valence-electron chi connectivity index (χ4n) is 3.11. The molecule has 1 aromatic heterocycles. The van der Waals surface area contributed by atoms with Gasteiger partial charge in [-0.15, -0.1) is 11.3 Å². The summed E-state index contributed by atoms with van der Waals surface area (Å²) < 4.78 is 5.28. The van der Waals surface area contributed by atoms with Crippen molar-refractivity contribution in [1.82, 2.24) is 10.9 Å². The largest absolute Gasteiger partial charge is 0.378 e. The highest BCUT2D eigenvalue weighted by Crippen LogP contribution is 2.30. The molecular weight excluding hydrogens is 396 g/mol. The Morgan fingerprint density at radius 1 is 1.21 bits per heavy atom. The number of benzene rings is 1. The molecule has 2 aromatic rings. The van der Waals surface area contributed by atoms with Gasteiger partial charge in [0.05, 0.1) is 23.0 Å². The Hall–Kier alpha value is -2.98. The lowest BCUT2D eigenvalue weighted by Gasteiger charge is -2.28. The maximum atomic E-state index is 12.4. The van der Waals surface area contributed by atoms with Crippen molar-refractivity contribution in [3.8, 4) is 0 Å². The molecule has 0 unspecified atom stereocenters. The Morgan fingerprint density at radius 3 is 2.52 bits per heavy atom. The number of amides is 2. The number of rotatable bonds is 5. The maximum absolute atomic E-state index is 12.4. The van der Waals surface area contributed by atoms with E-state index in [1.165, 1.54) is 23.5 Å². The summed E-state index contributed by atoms with van der Waals surface area (Å²) in [5, 5.41) is 11.5. The molecule has 10 heteroatoms. The average molecular weight is 418 g/mol. The van der Waals surface area contributed by atoms with E-state index in [9.17, 15) is 19.7 Å². The smallest absolute Gasteiger partial charge is 0.293 e. The van der Waals surface area contributed by atoms with Crippen LogP contribution in [0.3, 0.4) is 0 Å². The third kappa shape index (κ3) is 4.72. The van der Waals surface area contributed by atoms with Gasteiger partial charge < -0.3 is 9.64 Å². The van der Waals surface area contributed by atoms with E-state index < -0.39 is 16.7 Å². The van der Waals surface area contributed by atoms with E-state index in [0.29, 0.717) is 36.9 Å². The first-order valence-corrected chi connectivity index (χ1v) is 10.0. The number of ether oxygens (including phenoxy) is 1. The second-order valence-electron chi connectivity index (χ2n) is 6.54. The van der Waals surface area contributed by atoms with Gasteiger partial charge >= 0.3 is 0 Å². The van der Waals surface area contributed by atoms with Crippen LogP contribution in [0.5, 0.6) is 0 Å². The molecule has 0 atom stereocenters. The van der Waals surface area contributed by atoms with Gasteiger partial charge in [0.15, 0.2) is 0 Å². The van der Waals surface area contributed by atoms with Gasteiger partial charge in [0.25, 0.3) is 17.5 Å². The molecule has 2 heterocycles. The molecule has 9 nitrogen and oxygen atoms in total. The lowest BCUT2D eigenvalue weighted by Crippen LogP contribution is -2.41. The van der Waals surface area contributed by atoms with Crippen molar-refractivity contribution >= 4 is 34.5 Å². The predicted molar refractivity (Wildman–Crippen MR) is 109 cm³/mol. The first kappa shape index (κ1) is 20.7. The number of hydrogen-bond acceptors (Lipinski definition) is 7. The number of hydrogen-bond donors (Lipinski definition) is 2. The Labute approximate surface area is 171 Å². The molecule has 1 saturated heterocycles. The lowest BCUT2D eigenvalue weighted by atomic mass is 10.1. The summed E-state index contributed by atoms with van der Waals surface area (Å²) in [5.41, 5.74) is 6.09. The van der Waals surface area contributed by atoms with E-state index >= 15 is 0 Å². The minimum atomic E-state index is -0.626. The maximum Gasteiger partial charge on any atom is 0.293 e. The molecule has 1 aliphatic rings. The van der Waals surface area contributed by atoms with Crippen LogP contribution in [0.2, 0.25) is 0 Å². The number of aryl methyl sites for hydroxylation is 2. The molecule has 1 fully saturated rings. The summed E-state index contributed by atoms with van der Waals surface area (Å²) in [4.78, 5) is 39.1. The summed E-state index contributed by atoms with van der Waals surface area (Å²) in [6, 6.07) is 6.05. The standard InChI is InChI=1S/C19H22N4O5S/c1-3-16-12(2)10-17(29-16)19(25)21-20-18(24)13-4-5-14(15(11-13)23(26)27)22-6-8-28-9-7-22/h4-5,10-11H,3,6-9H2,1-2H3,(H,20,24)(H,21,25). The zero-order valence-corrected chi connectivity index (χ0v) is 17.0. The highest BCUT2D eigenvalue weighted by Gasteiger charge is 2.23. The molecule has 0 radical (unpaired) electrons. The monoisotopic (exact) mass is 418 g/mol. The van der Waals surface area contributed by atoms with Gasteiger partial charge in [0.2, 0.25) is 0 Å². The Morgan fingerprint density at radius 2 is 1.90 bits per heavy atom. The molecule has 3 rings (SSSR count). The van der Waals surface area contributed by atoms with Crippen LogP contribution < -0.4 is 15.8 Å². The van der Waals surface area contributed by atoms with Gasteiger partial charge in [0.1, 0.15) is 5.69 Å². The molecular formula is C19H22N4O5S. The highest BCUT2D eigenvalue weighted by atomic mass is 32.1. The van der Waals surface area contributed by atoms with Gasteiger partial charge in [-0.3, -0.25) is 30.6 Å². The third-order valence-corrected chi connectivity index (χ3v) is 6.02. The summed E-state index contributed by atoms with van der Waals surface area (Å²) in [5.74, 6) is -1.05. The Balaban J connectivity index is 1.70. The number of nitro groups is 1. The predicted octanol–water partition coefficient (Wildman–Crippen LogP) is 2.44. The van der Waals surface area contributed by atoms with E-state index in [1.807, 2.05) is 18.7 Å². The lowest BCUT2D eigenvalue weighted by molar-refractivity contribution is -0.384. The van der Waals surface area contributed by atoms with Crippen molar-refractivity contribution < 1.29 is 19.2 Å². The fourth-order valence-corrected chi connectivity index (χ4v) is 4.12. The van der Waals surface area contributed by atoms with Crippen molar-refractivity contribution in [3.05, 3.63) is 55.3 Å². The molecule has 154 valence electrons. The molecule has 29 heavy (non-hydrogen) atoms. The van der Waals surface area contributed by atoms with Crippen LogP contribution in [0.1, 0.15) is 37.4 Å². The number of hydrazine groups is 1.